The fraction of sp³-hybridized carbons (Fsp3) is 0.400. The predicted molar refractivity (Wildman–Crippen MR) is 82.2 cm³/mol. The van der Waals surface area contributed by atoms with Crippen molar-refractivity contribution in [1.29, 1.82) is 0 Å². The largest absolute Gasteiger partial charge is 0.508 e. The van der Waals surface area contributed by atoms with Crippen molar-refractivity contribution in [2.45, 2.75) is 40.3 Å². The van der Waals surface area contributed by atoms with Gasteiger partial charge in [0.05, 0.1) is 15.9 Å². The van der Waals surface area contributed by atoms with E-state index in [-0.39, 0.29) is 5.75 Å². The number of phenols is 1. The van der Waals surface area contributed by atoms with E-state index in [4.69, 9.17) is 4.74 Å². The van der Waals surface area contributed by atoms with Crippen LogP contribution in [0.3, 0.4) is 0 Å². The van der Waals surface area contributed by atoms with Crippen LogP contribution in [0.5, 0.6) is 11.5 Å². The van der Waals surface area contributed by atoms with Crippen molar-refractivity contribution in [2.75, 3.05) is 0 Å². The molecule has 0 aliphatic heterocycles. The Labute approximate surface area is 127 Å². The molecule has 108 valence electrons. The second-order valence-corrected chi connectivity index (χ2v) is 5.46. The van der Waals surface area contributed by atoms with Crippen LogP contribution in [0.25, 0.3) is 0 Å². The van der Waals surface area contributed by atoms with Crippen LogP contribution >= 0.6 is 15.9 Å². The topological polar surface area (TPSA) is 47.3 Å². The van der Waals surface area contributed by atoms with Crippen LogP contribution in [0.15, 0.2) is 22.7 Å². The third kappa shape index (κ3) is 3.15. The van der Waals surface area contributed by atoms with Gasteiger partial charge in [0.2, 0.25) is 0 Å². The summed E-state index contributed by atoms with van der Waals surface area (Å²) in [6, 6.07) is 5.23. The molecule has 0 atom stereocenters. The molecule has 0 saturated carbocycles. The van der Waals surface area contributed by atoms with Gasteiger partial charge in [0.1, 0.15) is 18.1 Å². The quantitative estimate of drug-likeness (QED) is 0.901. The highest BCUT2D eigenvalue weighted by Crippen LogP contribution is 2.26. The van der Waals surface area contributed by atoms with E-state index in [1.807, 2.05) is 17.7 Å². The molecule has 5 heteroatoms. The zero-order valence-electron chi connectivity index (χ0n) is 12.0. The molecule has 0 aliphatic carbocycles. The molecule has 4 nitrogen and oxygen atoms in total. The number of hydrogen-bond acceptors (Lipinski definition) is 3. The fourth-order valence-corrected chi connectivity index (χ4v) is 2.80. The van der Waals surface area contributed by atoms with Gasteiger partial charge in [-0.2, -0.15) is 5.10 Å². The lowest BCUT2D eigenvalue weighted by molar-refractivity contribution is 0.290. The highest BCUT2D eigenvalue weighted by Gasteiger charge is 2.14. The molecule has 0 amide bonds. The normalized spacial score (nSPS) is 10.8. The zero-order chi connectivity index (χ0) is 14.7. The number of aromatic nitrogens is 2. The molecule has 0 bridgehead atoms. The molecule has 2 rings (SSSR count). The number of phenolic OH excluding ortho intramolecular Hbond substituents is 1. The first kappa shape index (κ1) is 14.9. The Kier molecular flexibility index (Phi) is 4.70. The van der Waals surface area contributed by atoms with Crippen molar-refractivity contribution >= 4 is 15.9 Å². The van der Waals surface area contributed by atoms with Crippen LogP contribution in [0.1, 0.15) is 30.8 Å². The number of hydrogen-bond donors (Lipinski definition) is 1. The van der Waals surface area contributed by atoms with Gasteiger partial charge in [0.25, 0.3) is 0 Å². The summed E-state index contributed by atoms with van der Waals surface area (Å²) in [6.07, 6.45) is 0.881. The number of nitrogens with zero attached hydrogens (tertiary/aromatic N) is 2. The molecule has 0 saturated heterocycles. The summed E-state index contributed by atoms with van der Waals surface area (Å²) in [5.74, 6) is 0.883. The third-order valence-electron chi connectivity index (χ3n) is 3.11. The standard InChI is InChI=1S/C15H19BrN2O2/c1-4-13-15(16)14(18(5-2)17-13)9-20-12-7-10(3)6-11(19)8-12/h6-8,19H,4-5,9H2,1-3H3. The number of benzene rings is 1. The van der Waals surface area contributed by atoms with Crippen molar-refractivity contribution < 1.29 is 9.84 Å². The molecule has 1 aromatic heterocycles. The first-order chi connectivity index (χ1) is 9.55. The van der Waals surface area contributed by atoms with E-state index in [2.05, 4.69) is 34.9 Å². The maximum atomic E-state index is 9.58. The smallest absolute Gasteiger partial charge is 0.131 e. The molecule has 0 radical (unpaired) electrons. The van der Waals surface area contributed by atoms with Crippen molar-refractivity contribution in [1.82, 2.24) is 9.78 Å². The first-order valence-electron chi connectivity index (χ1n) is 6.72. The summed E-state index contributed by atoms with van der Waals surface area (Å²) in [4.78, 5) is 0. The monoisotopic (exact) mass is 338 g/mol. The lowest BCUT2D eigenvalue weighted by Gasteiger charge is -2.09. The Hall–Kier alpha value is -1.49. The maximum Gasteiger partial charge on any atom is 0.131 e. The van der Waals surface area contributed by atoms with E-state index >= 15 is 0 Å². The third-order valence-corrected chi connectivity index (χ3v) is 4.02. The van der Waals surface area contributed by atoms with Gasteiger partial charge >= 0.3 is 0 Å². The summed E-state index contributed by atoms with van der Waals surface area (Å²) in [7, 11) is 0. The molecule has 0 spiro atoms. The highest BCUT2D eigenvalue weighted by molar-refractivity contribution is 9.10. The average molecular weight is 339 g/mol. The van der Waals surface area contributed by atoms with Crippen LogP contribution < -0.4 is 4.74 Å². The molecule has 1 aromatic carbocycles. The molecule has 2 aromatic rings. The number of rotatable bonds is 5. The second-order valence-electron chi connectivity index (χ2n) is 4.67. The van der Waals surface area contributed by atoms with Crippen LogP contribution in [0.2, 0.25) is 0 Å². The summed E-state index contributed by atoms with van der Waals surface area (Å²) in [5.41, 5.74) is 3.03. The Morgan fingerprint density at radius 2 is 2.05 bits per heavy atom. The Morgan fingerprint density at radius 1 is 1.30 bits per heavy atom. The predicted octanol–water partition coefficient (Wildman–Crippen LogP) is 3.82. The van der Waals surface area contributed by atoms with E-state index in [0.29, 0.717) is 12.4 Å². The highest BCUT2D eigenvalue weighted by atomic mass is 79.9. The molecule has 20 heavy (non-hydrogen) atoms. The van der Waals surface area contributed by atoms with Crippen LogP contribution in [0.4, 0.5) is 0 Å². The minimum atomic E-state index is 0.220. The molecule has 0 unspecified atom stereocenters. The Bertz CT molecular complexity index is 588. The van der Waals surface area contributed by atoms with E-state index in [9.17, 15) is 5.11 Å². The van der Waals surface area contributed by atoms with Crippen LogP contribution in [-0.4, -0.2) is 14.9 Å². The average Bonchev–Trinajstić information content (AvgIpc) is 2.71. The lowest BCUT2D eigenvalue weighted by Crippen LogP contribution is -2.06. The SMILES string of the molecule is CCc1nn(CC)c(COc2cc(C)cc(O)c2)c1Br. The molecule has 0 fully saturated rings. The molecular formula is C15H19BrN2O2. The number of aromatic hydroxyl groups is 1. The van der Waals surface area contributed by atoms with Gasteiger partial charge in [0.15, 0.2) is 0 Å². The molecule has 1 N–H and O–H groups in total. The second kappa shape index (κ2) is 6.31. The summed E-state index contributed by atoms with van der Waals surface area (Å²) >= 11 is 3.59. The molecular weight excluding hydrogens is 320 g/mol. The van der Waals surface area contributed by atoms with Gasteiger partial charge in [0, 0.05) is 12.6 Å². The van der Waals surface area contributed by atoms with Gasteiger partial charge in [-0.05, 0) is 53.9 Å². The minimum Gasteiger partial charge on any atom is -0.508 e. The Balaban J connectivity index is 2.20. The number of ether oxygens (including phenoxy) is 1. The van der Waals surface area contributed by atoms with Gasteiger partial charge in [-0.3, -0.25) is 4.68 Å². The zero-order valence-corrected chi connectivity index (χ0v) is 13.6. The van der Waals surface area contributed by atoms with Crippen molar-refractivity contribution in [3.05, 3.63) is 39.6 Å². The first-order valence-corrected chi connectivity index (χ1v) is 7.52. The minimum absolute atomic E-state index is 0.220. The van der Waals surface area contributed by atoms with E-state index in [0.717, 1.165) is 34.4 Å². The lowest BCUT2D eigenvalue weighted by atomic mass is 10.2. The number of aryl methyl sites for hydroxylation is 3. The van der Waals surface area contributed by atoms with Crippen molar-refractivity contribution in [3.63, 3.8) is 0 Å². The fourth-order valence-electron chi connectivity index (χ4n) is 2.12. The van der Waals surface area contributed by atoms with Gasteiger partial charge in [-0.1, -0.05) is 6.92 Å². The van der Waals surface area contributed by atoms with Gasteiger partial charge < -0.3 is 9.84 Å². The maximum absolute atomic E-state index is 9.58. The van der Waals surface area contributed by atoms with E-state index in [1.54, 1.807) is 12.1 Å². The summed E-state index contributed by atoms with van der Waals surface area (Å²) < 4.78 is 8.74. The molecule has 1 heterocycles. The van der Waals surface area contributed by atoms with Gasteiger partial charge in [-0.15, -0.1) is 0 Å². The summed E-state index contributed by atoms with van der Waals surface area (Å²) in [6.45, 7) is 7.28. The van der Waals surface area contributed by atoms with Crippen molar-refractivity contribution in [3.8, 4) is 11.5 Å². The number of halogens is 1. The van der Waals surface area contributed by atoms with Crippen LogP contribution in [-0.2, 0) is 19.6 Å². The molecule has 0 aliphatic rings. The van der Waals surface area contributed by atoms with E-state index in [1.165, 1.54) is 0 Å². The summed E-state index contributed by atoms with van der Waals surface area (Å²) in [5, 5.41) is 14.1. The van der Waals surface area contributed by atoms with Gasteiger partial charge in [-0.25, -0.2) is 0 Å². The van der Waals surface area contributed by atoms with E-state index < -0.39 is 0 Å². The Morgan fingerprint density at radius 3 is 2.65 bits per heavy atom. The van der Waals surface area contributed by atoms with Crippen LogP contribution in [0, 0.1) is 6.92 Å². The van der Waals surface area contributed by atoms with Crippen molar-refractivity contribution in [2.24, 2.45) is 0 Å².